The van der Waals surface area contributed by atoms with Crippen LogP contribution in [0.5, 0.6) is 0 Å². The molecule has 0 saturated heterocycles. The molecule has 0 atom stereocenters. The van der Waals surface area contributed by atoms with Gasteiger partial charge in [-0.25, -0.2) is 0 Å². The summed E-state index contributed by atoms with van der Waals surface area (Å²) < 4.78 is 1.87. The molecule has 0 aliphatic rings. The fourth-order valence-corrected chi connectivity index (χ4v) is 2.17. The number of aryl methyl sites for hydroxylation is 2. The van der Waals surface area contributed by atoms with Gasteiger partial charge in [-0.2, -0.15) is 5.10 Å². The lowest BCUT2D eigenvalue weighted by Gasteiger charge is -2.07. The number of nitrogens with one attached hydrogen (secondary N) is 2. The molecule has 2 aromatic rings. The largest absolute Gasteiger partial charge is 0.344 e. The second-order valence-corrected chi connectivity index (χ2v) is 4.84. The van der Waals surface area contributed by atoms with Gasteiger partial charge >= 0.3 is 11.8 Å². The molecule has 0 spiro atoms. The third-order valence-corrected chi connectivity index (χ3v) is 3.38. The Bertz CT molecular complexity index is 679. The second kappa shape index (κ2) is 6.84. The monoisotopic (exact) mass is 301 g/mol. The minimum absolute atomic E-state index is 0.275. The first-order valence-electron chi connectivity index (χ1n) is 7.05. The summed E-state index contributed by atoms with van der Waals surface area (Å²) in [5.41, 5.74) is 3.26. The van der Waals surface area contributed by atoms with Crippen molar-refractivity contribution in [2.24, 2.45) is 0 Å². The zero-order valence-corrected chi connectivity index (χ0v) is 12.9. The van der Waals surface area contributed by atoms with Crippen LogP contribution in [0.15, 0.2) is 24.5 Å². The van der Waals surface area contributed by atoms with E-state index in [0.717, 1.165) is 23.5 Å². The minimum atomic E-state index is -0.716. The molecule has 0 radical (unpaired) electrons. The number of anilines is 1. The standard InChI is InChI=1S/C15H19N5O2/c1-4-20-11(3)13(10(2)19-20)9-17-14(21)15(22)18-12-6-5-7-16-8-12/h5-8H,4,9H2,1-3H3,(H,17,21)(H,18,22). The fourth-order valence-electron chi connectivity index (χ4n) is 2.17. The number of aromatic nitrogens is 3. The lowest BCUT2D eigenvalue weighted by molar-refractivity contribution is -0.136. The maximum absolute atomic E-state index is 11.8. The Kier molecular flexibility index (Phi) is 4.88. The van der Waals surface area contributed by atoms with Crippen molar-refractivity contribution in [3.63, 3.8) is 0 Å². The Morgan fingerprint density at radius 3 is 2.64 bits per heavy atom. The van der Waals surface area contributed by atoms with Gasteiger partial charge in [0.2, 0.25) is 0 Å². The molecule has 7 heteroatoms. The number of rotatable bonds is 4. The van der Waals surface area contributed by atoms with Crippen LogP contribution in [0.2, 0.25) is 0 Å². The minimum Gasteiger partial charge on any atom is -0.344 e. The maximum Gasteiger partial charge on any atom is 0.313 e. The zero-order valence-electron chi connectivity index (χ0n) is 12.9. The third-order valence-electron chi connectivity index (χ3n) is 3.38. The van der Waals surface area contributed by atoms with E-state index >= 15 is 0 Å². The van der Waals surface area contributed by atoms with E-state index in [9.17, 15) is 9.59 Å². The molecule has 2 heterocycles. The topological polar surface area (TPSA) is 88.9 Å². The van der Waals surface area contributed by atoms with E-state index in [0.29, 0.717) is 5.69 Å². The van der Waals surface area contributed by atoms with Crippen LogP contribution in [-0.4, -0.2) is 26.6 Å². The van der Waals surface area contributed by atoms with Crippen molar-refractivity contribution < 1.29 is 9.59 Å². The molecule has 0 aliphatic carbocycles. The highest BCUT2D eigenvalue weighted by atomic mass is 16.2. The number of amides is 2. The Morgan fingerprint density at radius 2 is 2.05 bits per heavy atom. The predicted octanol–water partition coefficient (Wildman–Crippen LogP) is 1.17. The smallest absolute Gasteiger partial charge is 0.313 e. The number of hydrogen-bond acceptors (Lipinski definition) is 4. The normalized spacial score (nSPS) is 10.3. The van der Waals surface area contributed by atoms with E-state index in [1.807, 2.05) is 25.5 Å². The van der Waals surface area contributed by atoms with Gasteiger partial charge in [-0.15, -0.1) is 0 Å². The van der Waals surface area contributed by atoms with Crippen LogP contribution in [0.4, 0.5) is 5.69 Å². The van der Waals surface area contributed by atoms with Crippen LogP contribution in [0.3, 0.4) is 0 Å². The van der Waals surface area contributed by atoms with Gasteiger partial charge < -0.3 is 10.6 Å². The van der Waals surface area contributed by atoms with E-state index < -0.39 is 11.8 Å². The van der Waals surface area contributed by atoms with E-state index in [1.54, 1.807) is 18.3 Å². The lowest BCUT2D eigenvalue weighted by atomic mass is 10.2. The van der Waals surface area contributed by atoms with Crippen molar-refractivity contribution in [2.45, 2.75) is 33.9 Å². The molecular formula is C15H19N5O2. The number of nitrogens with zero attached hydrogens (tertiary/aromatic N) is 3. The van der Waals surface area contributed by atoms with Crippen LogP contribution >= 0.6 is 0 Å². The molecule has 0 fully saturated rings. The lowest BCUT2D eigenvalue weighted by Crippen LogP contribution is -2.35. The molecule has 0 unspecified atom stereocenters. The quantitative estimate of drug-likeness (QED) is 0.830. The molecule has 7 nitrogen and oxygen atoms in total. The first kappa shape index (κ1) is 15.7. The fraction of sp³-hybridized carbons (Fsp3) is 0.333. The molecule has 116 valence electrons. The highest BCUT2D eigenvalue weighted by Crippen LogP contribution is 2.12. The van der Waals surface area contributed by atoms with Crippen LogP contribution in [0.25, 0.3) is 0 Å². The average molecular weight is 301 g/mol. The molecule has 2 N–H and O–H groups in total. The summed E-state index contributed by atoms with van der Waals surface area (Å²) in [6, 6.07) is 3.34. The SMILES string of the molecule is CCn1nc(C)c(CNC(=O)C(=O)Nc2cccnc2)c1C. The Balaban J connectivity index is 1.95. The van der Waals surface area contributed by atoms with E-state index in [2.05, 4.69) is 20.7 Å². The van der Waals surface area contributed by atoms with Gasteiger partial charge in [0.1, 0.15) is 0 Å². The van der Waals surface area contributed by atoms with Crippen LogP contribution in [0.1, 0.15) is 23.9 Å². The van der Waals surface area contributed by atoms with Crippen LogP contribution in [-0.2, 0) is 22.7 Å². The summed E-state index contributed by atoms with van der Waals surface area (Å²) in [5.74, 6) is -1.40. The van der Waals surface area contributed by atoms with Crippen molar-refractivity contribution in [2.75, 3.05) is 5.32 Å². The summed E-state index contributed by atoms with van der Waals surface area (Å²) in [4.78, 5) is 27.5. The summed E-state index contributed by atoms with van der Waals surface area (Å²) >= 11 is 0. The Labute approximate surface area is 128 Å². The molecule has 2 amide bonds. The molecule has 0 bridgehead atoms. The highest BCUT2D eigenvalue weighted by molar-refractivity contribution is 6.39. The van der Waals surface area contributed by atoms with Crippen molar-refractivity contribution in [3.05, 3.63) is 41.5 Å². The van der Waals surface area contributed by atoms with Crippen molar-refractivity contribution in [1.29, 1.82) is 0 Å². The van der Waals surface area contributed by atoms with Gasteiger partial charge in [0.25, 0.3) is 0 Å². The van der Waals surface area contributed by atoms with Gasteiger partial charge in [0, 0.05) is 30.5 Å². The Morgan fingerprint density at radius 1 is 1.27 bits per heavy atom. The third kappa shape index (κ3) is 3.49. The van der Waals surface area contributed by atoms with Crippen molar-refractivity contribution in [3.8, 4) is 0 Å². The number of carbonyl (C=O) groups excluding carboxylic acids is 2. The van der Waals surface area contributed by atoms with Gasteiger partial charge in [-0.3, -0.25) is 19.3 Å². The molecular weight excluding hydrogens is 282 g/mol. The second-order valence-electron chi connectivity index (χ2n) is 4.84. The van der Waals surface area contributed by atoms with Gasteiger partial charge in [-0.1, -0.05) is 0 Å². The summed E-state index contributed by atoms with van der Waals surface area (Å²) in [5, 5.41) is 9.48. The van der Waals surface area contributed by atoms with E-state index in [4.69, 9.17) is 0 Å². The molecule has 2 rings (SSSR count). The van der Waals surface area contributed by atoms with Gasteiger partial charge in [0.05, 0.1) is 17.6 Å². The predicted molar refractivity (Wildman–Crippen MR) is 82.1 cm³/mol. The van der Waals surface area contributed by atoms with E-state index in [-0.39, 0.29) is 6.54 Å². The van der Waals surface area contributed by atoms with Crippen molar-refractivity contribution >= 4 is 17.5 Å². The maximum atomic E-state index is 11.8. The molecule has 0 aliphatic heterocycles. The molecule has 0 aromatic carbocycles. The van der Waals surface area contributed by atoms with Gasteiger partial charge in [0.15, 0.2) is 0 Å². The van der Waals surface area contributed by atoms with E-state index in [1.165, 1.54) is 6.20 Å². The summed E-state index contributed by atoms with van der Waals surface area (Å²) in [6.07, 6.45) is 3.07. The first-order chi connectivity index (χ1) is 10.5. The number of carbonyl (C=O) groups is 2. The number of hydrogen-bond donors (Lipinski definition) is 2. The summed E-state index contributed by atoms with van der Waals surface area (Å²) in [6.45, 7) is 6.87. The molecule has 22 heavy (non-hydrogen) atoms. The Hall–Kier alpha value is -2.70. The average Bonchev–Trinajstić information content (AvgIpc) is 2.80. The van der Waals surface area contributed by atoms with Crippen molar-refractivity contribution in [1.82, 2.24) is 20.1 Å². The first-order valence-corrected chi connectivity index (χ1v) is 7.05. The molecule has 0 saturated carbocycles. The van der Waals surface area contributed by atoms with Gasteiger partial charge in [-0.05, 0) is 32.9 Å². The zero-order chi connectivity index (χ0) is 16.1. The summed E-state index contributed by atoms with van der Waals surface area (Å²) in [7, 11) is 0. The molecule has 2 aromatic heterocycles. The van der Waals surface area contributed by atoms with Crippen LogP contribution in [0, 0.1) is 13.8 Å². The number of pyridine rings is 1. The van der Waals surface area contributed by atoms with Crippen LogP contribution < -0.4 is 10.6 Å². The highest BCUT2D eigenvalue weighted by Gasteiger charge is 2.16.